The van der Waals surface area contributed by atoms with Crippen molar-refractivity contribution in [2.24, 2.45) is 0 Å². The third-order valence-corrected chi connectivity index (χ3v) is 10.2. The first-order valence-corrected chi connectivity index (χ1v) is 18.5. The first kappa shape index (κ1) is 30.1. The summed E-state index contributed by atoms with van der Waals surface area (Å²) in [7, 11) is 0. The van der Waals surface area contributed by atoms with Crippen molar-refractivity contribution in [2.45, 2.75) is 64.7 Å². The van der Waals surface area contributed by atoms with E-state index in [4.69, 9.17) is 5.48 Å². The maximum Gasteiger partial charge on any atom is 0.416 e. The summed E-state index contributed by atoms with van der Waals surface area (Å²) in [5, 5.41) is 3.52. The zero-order valence-corrected chi connectivity index (χ0v) is 32.4. The third kappa shape index (κ3) is 7.10. The van der Waals surface area contributed by atoms with Gasteiger partial charge < -0.3 is 9.80 Å². The van der Waals surface area contributed by atoms with E-state index in [0.717, 1.165) is 24.3 Å². The maximum absolute atomic E-state index is 13.9. The highest BCUT2D eigenvalue weighted by Crippen LogP contribution is 2.48. The molecule has 294 valence electrons. The second-order valence-electron chi connectivity index (χ2n) is 16.3. The van der Waals surface area contributed by atoms with Gasteiger partial charge in [-0.2, -0.15) is 26.3 Å². The zero-order chi connectivity index (χ0) is 48.3. The minimum absolute atomic E-state index is 0.110. The molecule has 0 radical (unpaired) electrons. The second kappa shape index (κ2) is 13.8. The van der Waals surface area contributed by atoms with Crippen LogP contribution < -0.4 is 9.80 Å². The monoisotopic (exact) mass is 792 g/mol. The summed E-state index contributed by atoms with van der Waals surface area (Å²) in [5.41, 5.74) is -2.79. The molecular weight excluding hydrogens is 743 g/mol. The van der Waals surface area contributed by atoms with Gasteiger partial charge in [0.25, 0.3) is 0 Å². The van der Waals surface area contributed by atoms with E-state index < -0.39 is 58.5 Å². The van der Waals surface area contributed by atoms with Crippen LogP contribution in [0.4, 0.5) is 60.5 Å². The Morgan fingerprint density at radius 2 is 0.672 bits per heavy atom. The van der Waals surface area contributed by atoms with Crippen molar-refractivity contribution in [3.63, 3.8) is 0 Å². The van der Waals surface area contributed by atoms with Crippen LogP contribution in [0.1, 0.15) is 74.8 Å². The van der Waals surface area contributed by atoms with Crippen molar-refractivity contribution < 1.29 is 37.3 Å². The van der Waals surface area contributed by atoms with Crippen LogP contribution in [0, 0.1) is 0 Å². The molecule has 0 bridgehead atoms. The van der Waals surface area contributed by atoms with Crippen molar-refractivity contribution in [3.8, 4) is 0 Å². The predicted molar refractivity (Wildman–Crippen MR) is 227 cm³/mol. The Hall–Kier alpha value is -6.02. The van der Waals surface area contributed by atoms with Crippen LogP contribution >= 0.6 is 0 Å². The third-order valence-electron chi connectivity index (χ3n) is 10.2. The zero-order valence-electron chi connectivity index (χ0n) is 40.4. The van der Waals surface area contributed by atoms with E-state index in [1.165, 1.54) is 34.1 Å². The molecule has 0 unspecified atom stereocenters. The maximum atomic E-state index is 13.9. The highest BCUT2D eigenvalue weighted by molar-refractivity contribution is 6.28. The topological polar surface area (TPSA) is 6.48 Å². The van der Waals surface area contributed by atoms with E-state index in [1.807, 2.05) is 0 Å². The molecule has 0 saturated carbocycles. The fourth-order valence-electron chi connectivity index (χ4n) is 7.12. The smallest absolute Gasteiger partial charge is 0.310 e. The lowest BCUT2D eigenvalue weighted by atomic mass is 9.87. The quantitative estimate of drug-likeness (QED) is 0.122. The summed E-state index contributed by atoms with van der Waals surface area (Å²) in [6.45, 7) is 10.5. The Balaban J connectivity index is 1.46. The summed E-state index contributed by atoms with van der Waals surface area (Å²) >= 11 is 0. The number of hydrogen-bond donors (Lipinski definition) is 0. The van der Waals surface area contributed by atoms with Gasteiger partial charge in [-0.15, -0.1) is 0 Å². The van der Waals surface area contributed by atoms with Crippen molar-refractivity contribution >= 4 is 66.4 Å². The molecular formula is C50H42F6N2. The van der Waals surface area contributed by atoms with E-state index in [9.17, 15) is 31.8 Å². The molecule has 0 saturated heterocycles. The summed E-state index contributed by atoms with van der Waals surface area (Å²) in [5.74, 6) is 0. The first-order chi connectivity index (χ1) is 30.6. The molecule has 0 heterocycles. The molecule has 8 rings (SSSR count). The minimum atomic E-state index is -4.68. The lowest BCUT2D eigenvalue weighted by molar-refractivity contribution is -0.138. The first-order valence-electron chi connectivity index (χ1n) is 22.5. The minimum Gasteiger partial charge on any atom is -0.310 e. The average molecular weight is 793 g/mol. The van der Waals surface area contributed by atoms with Crippen LogP contribution in [-0.4, -0.2) is 0 Å². The van der Waals surface area contributed by atoms with Crippen LogP contribution in [-0.2, 0) is 23.2 Å². The number of halogens is 6. The van der Waals surface area contributed by atoms with Gasteiger partial charge in [-0.05, 0) is 128 Å². The van der Waals surface area contributed by atoms with E-state index in [1.54, 1.807) is 90.1 Å². The van der Waals surface area contributed by atoms with E-state index in [2.05, 4.69) is 0 Å². The van der Waals surface area contributed by atoms with Gasteiger partial charge in [0.05, 0.1) is 33.5 Å². The second-order valence-corrected chi connectivity index (χ2v) is 16.3. The van der Waals surface area contributed by atoms with Gasteiger partial charge in [0.1, 0.15) is 0 Å². The van der Waals surface area contributed by atoms with Crippen LogP contribution in [0.2, 0.25) is 0 Å². The van der Waals surface area contributed by atoms with Crippen LogP contribution in [0.5, 0.6) is 0 Å². The van der Waals surface area contributed by atoms with Gasteiger partial charge in [0.15, 0.2) is 0 Å². The summed E-state index contributed by atoms with van der Waals surface area (Å²) in [6.07, 6.45) is -9.36. The van der Waals surface area contributed by atoms with Crippen LogP contribution in [0.15, 0.2) is 145 Å². The van der Waals surface area contributed by atoms with Gasteiger partial charge in [0.2, 0.25) is 0 Å². The molecule has 8 aromatic rings. The predicted octanol–water partition coefficient (Wildman–Crippen LogP) is 16.2. The normalized spacial score (nSPS) is 14.8. The number of alkyl halides is 6. The van der Waals surface area contributed by atoms with Crippen LogP contribution in [0.25, 0.3) is 32.3 Å². The molecule has 0 fully saturated rings. The molecule has 0 aliphatic rings. The number of benzene rings is 8. The van der Waals surface area contributed by atoms with E-state index in [0.29, 0.717) is 43.7 Å². The molecule has 0 aliphatic heterocycles. The summed E-state index contributed by atoms with van der Waals surface area (Å²) in [4.78, 5) is 2.82. The Bertz CT molecular complexity index is 2950. The van der Waals surface area contributed by atoms with E-state index in [-0.39, 0.29) is 58.0 Å². The van der Waals surface area contributed by atoms with Crippen LogP contribution in [0.3, 0.4) is 0 Å². The fraction of sp³-hybridized carbons (Fsp3) is 0.200. The molecule has 0 aliphatic carbocycles. The Labute approximate surface area is 345 Å². The molecule has 8 aromatic carbocycles. The Morgan fingerprint density at radius 3 is 0.966 bits per heavy atom. The lowest BCUT2D eigenvalue weighted by Gasteiger charge is -2.30. The molecule has 0 spiro atoms. The highest BCUT2D eigenvalue weighted by Gasteiger charge is 2.32. The SMILES string of the molecule is [2H]c1c([2H])c(C(C)(C)C)c([2H])c([2H])c1N(c1ccc(C(F)(F)F)cc1)c1ccc2ccc3c(N(c4ccc(C(F)(F)F)cc4)c4c([2H])c([2H])c(C(C)(C)C)c([2H])c4[2H])ccc4ccc1c2c43. The number of hydrogen-bond acceptors (Lipinski definition) is 2. The standard InChI is InChI=1S/C50H42F6N2/c1-47(2,3)33-11-19-37(20-12-33)57(39-23-15-35(16-24-39)49(51,52)53)43-29-9-31-8-28-42-44(30-10-32-7-27-41(43)45(31)46(32)42)58(38-21-13-34(14-22-38)48(4,5)6)40-25-17-36(18-26-40)50(54,55)56/h7-30H,1-6H3/i11D,12D,13D,14D,19D,20D,21D,22D. The Morgan fingerprint density at radius 1 is 0.362 bits per heavy atom. The van der Waals surface area contributed by atoms with Crippen molar-refractivity contribution in [2.75, 3.05) is 9.80 Å². The summed E-state index contributed by atoms with van der Waals surface area (Å²) < 4.78 is 157. The number of rotatable bonds is 6. The summed E-state index contributed by atoms with van der Waals surface area (Å²) in [6, 6.07) is 19.4. The van der Waals surface area contributed by atoms with Gasteiger partial charge >= 0.3 is 12.4 Å². The van der Waals surface area contributed by atoms with Gasteiger partial charge in [-0.25, -0.2) is 0 Å². The van der Waals surface area contributed by atoms with E-state index >= 15 is 0 Å². The van der Waals surface area contributed by atoms with Gasteiger partial charge in [-0.3, -0.25) is 0 Å². The van der Waals surface area contributed by atoms with Crippen molar-refractivity contribution in [1.29, 1.82) is 0 Å². The molecule has 8 heteroatoms. The number of nitrogens with zero attached hydrogens (tertiary/aromatic N) is 2. The molecule has 0 aromatic heterocycles. The molecule has 0 amide bonds. The highest BCUT2D eigenvalue weighted by atomic mass is 19.4. The number of anilines is 6. The molecule has 0 N–H and O–H groups in total. The Kier molecular flexibility index (Phi) is 7.18. The largest absolute Gasteiger partial charge is 0.416 e. The van der Waals surface area contributed by atoms with Crippen molar-refractivity contribution in [3.05, 3.63) is 168 Å². The van der Waals surface area contributed by atoms with Gasteiger partial charge in [-0.1, -0.05) is 102 Å². The molecule has 58 heavy (non-hydrogen) atoms. The average Bonchev–Trinajstić information content (AvgIpc) is 3.23. The van der Waals surface area contributed by atoms with Gasteiger partial charge in [0, 0.05) is 33.5 Å². The fourth-order valence-corrected chi connectivity index (χ4v) is 7.12. The lowest BCUT2D eigenvalue weighted by Crippen LogP contribution is -2.14. The molecule has 0 atom stereocenters. The molecule has 2 nitrogen and oxygen atoms in total. The van der Waals surface area contributed by atoms with Crippen molar-refractivity contribution in [1.82, 2.24) is 0 Å².